The molecule has 0 aliphatic rings. The molecule has 0 fully saturated rings. The largest absolute Gasteiger partial charge is 0.496 e. The highest BCUT2D eigenvalue weighted by molar-refractivity contribution is 9.10. The summed E-state index contributed by atoms with van der Waals surface area (Å²) >= 11 is 9.09. The van der Waals surface area contributed by atoms with Gasteiger partial charge in [-0.05, 0) is 37.0 Å². The molecule has 5 heteroatoms. The van der Waals surface area contributed by atoms with Crippen LogP contribution in [-0.2, 0) is 0 Å². The van der Waals surface area contributed by atoms with Gasteiger partial charge < -0.3 is 10.1 Å². The normalized spacial score (nSPS) is 12.0. The van der Waals surface area contributed by atoms with Crippen LogP contribution in [0.25, 0.3) is 0 Å². The van der Waals surface area contributed by atoms with Crippen LogP contribution in [0.15, 0.2) is 22.7 Å². The van der Waals surface area contributed by atoms with Crippen molar-refractivity contribution in [3.8, 4) is 5.75 Å². The minimum atomic E-state index is -0.108. The van der Waals surface area contributed by atoms with Crippen molar-refractivity contribution in [3.05, 3.63) is 28.2 Å². The highest BCUT2D eigenvalue weighted by Gasteiger charge is 2.12. The molecule has 1 N–H and O–H groups in total. The summed E-state index contributed by atoms with van der Waals surface area (Å²) in [6, 6.07) is 5.36. The predicted octanol–water partition coefficient (Wildman–Crippen LogP) is 3.84. The average Bonchev–Trinajstić information content (AvgIpc) is 2.42. The lowest BCUT2D eigenvalue weighted by atomic mass is 10.1. The van der Waals surface area contributed by atoms with Gasteiger partial charge in [0, 0.05) is 16.9 Å². The Hall–Kier alpha value is -0.740. The summed E-state index contributed by atoms with van der Waals surface area (Å²) in [4.78, 5) is 12.0. The van der Waals surface area contributed by atoms with E-state index < -0.39 is 0 Å². The number of halogens is 2. The highest BCUT2D eigenvalue weighted by atomic mass is 79.9. The van der Waals surface area contributed by atoms with E-state index in [0.717, 1.165) is 17.3 Å². The molecule has 0 aliphatic heterocycles. The number of rotatable bonds is 7. The van der Waals surface area contributed by atoms with Crippen LogP contribution >= 0.6 is 27.5 Å². The molecule has 1 amide bonds. The number of alkyl halides is 1. The molecule has 1 aromatic carbocycles. The Labute approximate surface area is 127 Å². The molecule has 106 valence electrons. The summed E-state index contributed by atoms with van der Waals surface area (Å²) < 4.78 is 6.09. The van der Waals surface area contributed by atoms with E-state index in [1.165, 1.54) is 0 Å². The van der Waals surface area contributed by atoms with Gasteiger partial charge in [0.05, 0.1) is 12.7 Å². The summed E-state index contributed by atoms with van der Waals surface area (Å²) in [5, 5.41) is 2.90. The lowest BCUT2D eigenvalue weighted by Crippen LogP contribution is -2.25. The molecule has 0 aromatic heterocycles. The van der Waals surface area contributed by atoms with Crippen molar-refractivity contribution in [2.24, 2.45) is 5.92 Å². The molecule has 1 rings (SSSR count). The maximum atomic E-state index is 12.0. The summed E-state index contributed by atoms with van der Waals surface area (Å²) in [5.41, 5.74) is 0.552. The fraction of sp³-hybridized carbons (Fsp3) is 0.500. The van der Waals surface area contributed by atoms with Gasteiger partial charge in [-0.25, -0.2) is 0 Å². The van der Waals surface area contributed by atoms with Gasteiger partial charge in [-0.1, -0.05) is 22.9 Å². The number of hydrogen-bond donors (Lipinski definition) is 1. The van der Waals surface area contributed by atoms with Crippen molar-refractivity contribution in [1.82, 2.24) is 5.32 Å². The fourth-order valence-corrected chi connectivity index (χ4v) is 2.17. The lowest BCUT2D eigenvalue weighted by Gasteiger charge is -2.11. The van der Waals surface area contributed by atoms with Crippen LogP contribution in [0.1, 0.15) is 30.1 Å². The molecule has 1 unspecified atom stereocenters. The summed E-state index contributed by atoms with van der Waals surface area (Å²) in [6.45, 7) is 2.76. The number of ether oxygens (including phenoxy) is 1. The van der Waals surface area contributed by atoms with Gasteiger partial charge in [0.15, 0.2) is 0 Å². The number of nitrogens with one attached hydrogen (secondary N) is 1. The summed E-state index contributed by atoms with van der Waals surface area (Å²) in [5.74, 6) is 1.61. The monoisotopic (exact) mass is 347 g/mol. The molecule has 1 aromatic rings. The van der Waals surface area contributed by atoms with Crippen molar-refractivity contribution >= 4 is 33.4 Å². The zero-order valence-electron chi connectivity index (χ0n) is 11.2. The van der Waals surface area contributed by atoms with Crippen LogP contribution < -0.4 is 10.1 Å². The number of amides is 1. The first kappa shape index (κ1) is 16.3. The van der Waals surface area contributed by atoms with Gasteiger partial charge in [0.25, 0.3) is 5.91 Å². The Morgan fingerprint density at radius 3 is 2.89 bits per heavy atom. The number of methoxy groups -OCH3 is 1. The van der Waals surface area contributed by atoms with Gasteiger partial charge in [0.1, 0.15) is 5.75 Å². The minimum absolute atomic E-state index is 0.108. The summed E-state index contributed by atoms with van der Waals surface area (Å²) in [7, 11) is 1.56. The molecular weight excluding hydrogens is 330 g/mol. The maximum absolute atomic E-state index is 12.0. The second-order valence-electron chi connectivity index (χ2n) is 4.50. The van der Waals surface area contributed by atoms with Gasteiger partial charge >= 0.3 is 0 Å². The van der Waals surface area contributed by atoms with Crippen molar-refractivity contribution in [2.45, 2.75) is 19.8 Å². The Morgan fingerprint density at radius 2 is 2.26 bits per heavy atom. The molecule has 0 radical (unpaired) electrons. The molecule has 3 nitrogen and oxygen atoms in total. The van der Waals surface area contributed by atoms with Crippen molar-refractivity contribution in [2.75, 3.05) is 19.5 Å². The van der Waals surface area contributed by atoms with E-state index in [2.05, 4.69) is 28.2 Å². The molecule has 0 bridgehead atoms. The van der Waals surface area contributed by atoms with Crippen LogP contribution in [-0.4, -0.2) is 25.4 Å². The minimum Gasteiger partial charge on any atom is -0.496 e. The Balaban J connectivity index is 2.49. The SMILES string of the molecule is COc1cc(Br)ccc1C(=O)NCCCC(C)CCl. The molecule has 1 atom stereocenters. The van der Waals surface area contributed by atoms with E-state index in [-0.39, 0.29) is 5.91 Å². The standard InChI is InChI=1S/C14H19BrClNO2/c1-10(9-16)4-3-7-17-14(18)12-6-5-11(15)8-13(12)19-2/h5-6,8,10H,3-4,7,9H2,1-2H3,(H,17,18). The van der Waals surface area contributed by atoms with Crippen molar-refractivity contribution in [1.29, 1.82) is 0 Å². The molecule has 19 heavy (non-hydrogen) atoms. The van der Waals surface area contributed by atoms with E-state index in [0.29, 0.717) is 29.7 Å². The second kappa shape index (κ2) is 8.43. The third-order valence-corrected chi connectivity index (χ3v) is 3.85. The molecular formula is C14H19BrClNO2. The first-order valence-electron chi connectivity index (χ1n) is 6.26. The lowest BCUT2D eigenvalue weighted by molar-refractivity contribution is 0.0949. The number of carbonyl (C=O) groups is 1. The van der Waals surface area contributed by atoms with Gasteiger partial charge in [-0.15, -0.1) is 11.6 Å². The smallest absolute Gasteiger partial charge is 0.255 e. The molecule has 0 heterocycles. The third kappa shape index (κ3) is 5.41. The topological polar surface area (TPSA) is 38.3 Å². The molecule has 0 saturated heterocycles. The number of carbonyl (C=O) groups excluding carboxylic acids is 1. The average molecular weight is 349 g/mol. The fourth-order valence-electron chi connectivity index (χ4n) is 1.68. The van der Waals surface area contributed by atoms with Crippen molar-refractivity contribution < 1.29 is 9.53 Å². The van der Waals surface area contributed by atoms with E-state index in [1.54, 1.807) is 19.2 Å². The molecule has 0 spiro atoms. The van der Waals surface area contributed by atoms with E-state index in [9.17, 15) is 4.79 Å². The summed E-state index contributed by atoms with van der Waals surface area (Å²) in [6.07, 6.45) is 1.94. The van der Waals surface area contributed by atoms with E-state index in [4.69, 9.17) is 16.3 Å². The van der Waals surface area contributed by atoms with Crippen LogP contribution in [0.5, 0.6) is 5.75 Å². The Kier molecular flexibility index (Phi) is 7.24. The predicted molar refractivity (Wildman–Crippen MR) is 82.1 cm³/mol. The highest BCUT2D eigenvalue weighted by Crippen LogP contribution is 2.23. The zero-order chi connectivity index (χ0) is 14.3. The third-order valence-electron chi connectivity index (χ3n) is 2.83. The van der Waals surface area contributed by atoms with Crippen LogP contribution in [0, 0.1) is 5.92 Å². The first-order valence-corrected chi connectivity index (χ1v) is 7.59. The Bertz CT molecular complexity index is 426. The first-order chi connectivity index (χ1) is 9.08. The number of hydrogen-bond acceptors (Lipinski definition) is 2. The van der Waals surface area contributed by atoms with E-state index >= 15 is 0 Å². The van der Waals surface area contributed by atoms with Crippen molar-refractivity contribution in [3.63, 3.8) is 0 Å². The molecule has 0 aliphatic carbocycles. The molecule has 0 saturated carbocycles. The van der Waals surface area contributed by atoms with Gasteiger partial charge in [-0.3, -0.25) is 4.79 Å². The van der Waals surface area contributed by atoms with Crippen LogP contribution in [0.3, 0.4) is 0 Å². The number of benzene rings is 1. The van der Waals surface area contributed by atoms with Crippen LogP contribution in [0.2, 0.25) is 0 Å². The second-order valence-corrected chi connectivity index (χ2v) is 5.73. The maximum Gasteiger partial charge on any atom is 0.255 e. The quantitative estimate of drug-likeness (QED) is 0.600. The van der Waals surface area contributed by atoms with E-state index in [1.807, 2.05) is 6.07 Å². The zero-order valence-corrected chi connectivity index (χ0v) is 13.6. The van der Waals surface area contributed by atoms with Crippen LogP contribution in [0.4, 0.5) is 0 Å². The van der Waals surface area contributed by atoms with Gasteiger partial charge in [-0.2, -0.15) is 0 Å². The Morgan fingerprint density at radius 1 is 1.53 bits per heavy atom. The van der Waals surface area contributed by atoms with Gasteiger partial charge in [0.2, 0.25) is 0 Å².